The summed E-state index contributed by atoms with van der Waals surface area (Å²) in [6.45, 7) is 0.181. The second kappa shape index (κ2) is 4.87. The van der Waals surface area contributed by atoms with Crippen molar-refractivity contribution in [2.75, 3.05) is 7.11 Å². The highest BCUT2D eigenvalue weighted by Crippen LogP contribution is 2.09. The number of nitro groups is 1. The van der Waals surface area contributed by atoms with Gasteiger partial charge in [0, 0.05) is 0 Å². The van der Waals surface area contributed by atoms with Crippen LogP contribution in [0.15, 0.2) is 12.3 Å². The lowest BCUT2D eigenvalue weighted by molar-refractivity contribution is -0.389. The number of halogens is 1. The molecule has 0 aliphatic heterocycles. The first-order valence-electron chi connectivity index (χ1n) is 3.94. The quantitative estimate of drug-likeness (QED) is 0.350. The van der Waals surface area contributed by atoms with Crippen molar-refractivity contribution in [2.45, 2.75) is 11.4 Å². The van der Waals surface area contributed by atoms with Crippen molar-refractivity contribution >= 4 is 27.7 Å². The third-order valence-electron chi connectivity index (χ3n) is 1.62. The van der Waals surface area contributed by atoms with E-state index in [1.807, 2.05) is 0 Å². The van der Waals surface area contributed by atoms with Gasteiger partial charge >= 0.3 is 11.8 Å². The first kappa shape index (κ1) is 11.6. The van der Waals surface area contributed by atoms with Gasteiger partial charge in [0.25, 0.3) is 0 Å². The maximum Gasteiger partial charge on any atom is 0.389 e. The molecule has 7 nitrogen and oxygen atoms in total. The molecule has 8 heteroatoms. The first-order valence-corrected chi connectivity index (χ1v) is 4.86. The maximum atomic E-state index is 11.0. The number of alkyl halides is 1. The van der Waals surface area contributed by atoms with Crippen LogP contribution in [-0.2, 0) is 16.1 Å². The number of ether oxygens (including phenoxy) is 1. The number of rotatable bonds is 4. The molecule has 1 rings (SSSR count). The van der Waals surface area contributed by atoms with Crippen LogP contribution in [0.2, 0.25) is 0 Å². The van der Waals surface area contributed by atoms with Gasteiger partial charge in [-0.1, -0.05) is 15.9 Å². The van der Waals surface area contributed by atoms with Crippen molar-refractivity contribution < 1.29 is 14.5 Å². The van der Waals surface area contributed by atoms with Gasteiger partial charge in [-0.05, 0) is 4.92 Å². The largest absolute Gasteiger partial charge is 0.468 e. The molecule has 1 aromatic rings. The highest BCUT2D eigenvalue weighted by atomic mass is 79.9. The fourth-order valence-corrected chi connectivity index (χ4v) is 1.40. The Bertz CT molecular complexity index is 378. The number of aromatic nitrogens is 2. The van der Waals surface area contributed by atoms with E-state index in [1.165, 1.54) is 24.1 Å². The third-order valence-corrected chi connectivity index (χ3v) is 2.28. The minimum atomic E-state index is -0.599. The van der Waals surface area contributed by atoms with Crippen LogP contribution in [-0.4, -0.2) is 32.6 Å². The normalized spacial score (nSPS) is 12.1. The molecule has 1 heterocycles. The highest BCUT2D eigenvalue weighted by Gasteiger charge is 2.19. The molecule has 15 heavy (non-hydrogen) atoms. The summed E-state index contributed by atoms with van der Waals surface area (Å²) in [5.74, 6) is -0.701. The predicted molar refractivity (Wildman–Crippen MR) is 53.6 cm³/mol. The van der Waals surface area contributed by atoms with E-state index in [9.17, 15) is 14.9 Å². The fourth-order valence-electron chi connectivity index (χ4n) is 0.917. The van der Waals surface area contributed by atoms with E-state index in [0.717, 1.165) is 0 Å². The molecule has 0 aliphatic rings. The van der Waals surface area contributed by atoms with Crippen molar-refractivity contribution in [3.05, 3.63) is 22.4 Å². The van der Waals surface area contributed by atoms with Gasteiger partial charge in [-0.15, -0.1) is 0 Å². The molecule has 82 valence electrons. The van der Waals surface area contributed by atoms with Gasteiger partial charge in [-0.25, -0.2) is 0 Å². The molecule has 0 aromatic carbocycles. The van der Waals surface area contributed by atoms with Gasteiger partial charge in [-0.3, -0.25) is 4.79 Å². The lowest BCUT2D eigenvalue weighted by atomic mass is 10.4. The summed E-state index contributed by atoms with van der Waals surface area (Å²) in [6, 6.07) is 1.26. The zero-order chi connectivity index (χ0) is 11.4. The Hall–Kier alpha value is -1.44. The summed E-state index contributed by atoms with van der Waals surface area (Å²) >= 11 is 3.08. The summed E-state index contributed by atoms with van der Waals surface area (Å²) in [5, 5.41) is 14.0. The number of esters is 1. The number of nitrogens with zero attached hydrogens (tertiary/aromatic N) is 3. The summed E-state index contributed by atoms with van der Waals surface area (Å²) in [5.41, 5.74) is 0. The van der Waals surface area contributed by atoms with E-state index in [1.54, 1.807) is 0 Å². The molecule has 0 aliphatic carbocycles. The molecule has 1 unspecified atom stereocenters. The Morgan fingerprint density at radius 3 is 3.00 bits per heavy atom. The van der Waals surface area contributed by atoms with Crippen molar-refractivity contribution in [1.82, 2.24) is 9.78 Å². The van der Waals surface area contributed by atoms with Crippen LogP contribution >= 0.6 is 15.9 Å². The second-order valence-electron chi connectivity index (χ2n) is 2.64. The van der Waals surface area contributed by atoms with E-state index in [0.29, 0.717) is 0 Å². The van der Waals surface area contributed by atoms with Crippen LogP contribution in [0.5, 0.6) is 0 Å². The zero-order valence-corrected chi connectivity index (χ0v) is 9.38. The van der Waals surface area contributed by atoms with Crippen LogP contribution in [0.3, 0.4) is 0 Å². The van der Waals surface area contributed by atoms with Crippen molar-refractivity contribution in [3.63, 3.8) is 0 Å². The standard InChI is InChI=1S/C7H8BrN3O4/c1-15-7(12)5(8)4-10-3-2-6(9-10)11(13)14/h2-3,5H,4H2,1H3. The minimum Gasteiger partial charge on any atom is -0.468 e. The van der Waals surface area contributed by atoms with Crippen LogP contribution in [0.25, 0.3) is 0 Å². The van der Waals surface area contributed by atoms with Crippen LogP contribution in [0.4, 0.5) is 5.82 Å². The Balaban J connectivity index is 2.65. The van der Waals surface area contributed by atoms with E-state index >= 15 is 0 Å². The zero-order valence-electron chi connectivity index (χ0n) is 7.79. The molecule has 0 saturated heterocycles. The van der Waals surface area contributed by atoms with Crippen LogP contribution in [0.1, 0.15) is 0 Å². The van der Waals surface area contributed by atoms with Gasteiger partial charge in [0.1, 0.15) is 4.83 Å². The molecular weight excluding hydrogens is 270 g/mol. The van der Waals surface area contributed by atoms with Gasteiger partial charge in [-0.2, -0.15) is 4.68 Å². The average molecular weight is 278 g/mol. The Kier molecular flexibility index (Phi) is 3.78. The number of methoxy groups -OCH3 is 1. The maximum absolute atomic E-state index is 11.0. The van der Waals surface area contributed by atoms with Gasteiger partial charge in [0.15, 0.2) is 0 Å². The minimum absolute atomic E-state index is 0.181. The molecule has 1 aromatic heterocycles. The molecule has 0 fully saturated rings. The SMILES string of the molecule is COC(=O)C(Br)Cn1ccc([N+](=O)[O-])n1. The van der Waals surface area contributed by atoms with Gasteiger partial charge < -0.3 is 14.9 Å². The smallest absolute Gasteiger partial charge is 0.389 e. The van der Waals surface area contributed by atoms with Crippen molar-refractivity contribution in [3.8, 4) is 0 Å². The van der Waals surface area contributed by atoms with Gasteiger partial charge in [0.05, 0.1) is 31.0 Å². The molecule has 0 N–H and O–H groups in total. The van der Waals surface area contributed by atoms with E-state index in [-0.39, 0.29) is 12.4 Å². The molecule has 0 amide bonds. The number of hydrogen-bond donors (Lipinski definition) is 0. The fraction of sp³-hybridized carbons (Fsp3) is 0.429. The lowest BCUT2D eigenvalue weighted by Gasteiger charge is -2.04. The summed E-state index contributed by atoms with van der Waals surface area (Å²) in [6.07, 6.45) is 1.43. The van der Waals surface area contributed by atoms with Crippen molar-refractivity contribution in [2.24, 2.45) is 0 Å². The number of carbonyl (C=O) groups excluding carboxylic acids is 1. The number of carbonyl (C=O) groups is 1. The highest BCUT2D eigenvalue weighted by molar-refractivity contribution is 9.10. The summed E-state index contributed by atoms with van der Waals surface area (Å²) in [4.78, 5) is 20.2. The molecule has 1 atom stereocenters. The Morgan fingerprint density at radius 1 is 1.87 bits per heavy atom. The van der Waals surface area contributed by atoms with E-state index in [2.05, 4.69) is 25.8 Å². The summed E-state index contributed by atoms with van der Waals surface area (Å²) < 4.78 is 5.78. The van der Waals surface area contributed by atoms with Crippen LogP contribution in [0, 0.1) is 10.1 Å². The molecule has 0 bridgehead atoms. The monoisotopic (exact) mass is 277 g/mol. The lowest BCUT2D eigenvalue weighted by Crippen LogP contribution is -2.21. The van der Waals surface area contributed by atoms with Crippen molar-refractivity contribution in [1.29, 1.82) is 0 Å². The van der Waals surface area contributed by atoms with E-state index < -0.39 is 15.7 Å². The molecular formula is C7H8BrN3O4. The second-order valence-corrected chi connectivity index (χ2v) is 3.75. The van der Waals surface area contributed by atoms with Gasteiger partial charge in [0.2, 0.25) is 0 Å². The van der Waals surface area contributed by atoms with Crippen LogP contribution < -0.4 is 0 Å². The average Bonchev–Trinajstić information content (AvgIpc) is 2.65. The molecule has 0 saturated carbocycles. The predicted octanol–water partition coefficient (Wildman–Crippen LogP) is 0.728. The molecule has 0 spiro atoms. The Labute approximate surface area is 93.3 Å². The first-order chi connectivity index (χ1) is 7.04. The Morgan fingerprint density at radius 2 is 2.53 bits per heavy atom. The topological polar surface area (TPSA) is 87.3 Å². The molecule has 0 radical (unpaired) electrons. The van der Waals surface area contributed by atoms with E-state index in [4.69, 9.17) is 0 Å². The third kappa shape index (κ3) is 3.01. The summed E-state index contributed by atoms with van der Waals surface area (Å²) in [7, 11) is 1.27. The number of hydrogen-bond acceptors (Lipinski definition) is 5.